The molecule has 3 heteroatoms. The van der Waals surface area contributed by atoms with Gasteiger partial charge in [-0.2, -0.15) is 11.8 Å². The van der Waals surface area contributed by atoms with E-state index < -0.39 is 0 Å². The molecule has 13 heavy (non-hydrogen) atoms. The third-order valence-electron chi connectivity index (χ3n) is 2.71. The third-order valence-corrected chi connectivity index (χ3v) is 3.85. The average Bonchev–Trinajstić information content (AvgIpc) is 2.15. The minimum Gasteiger partial charge on any atom is -0.392 e. The minimum atomic E-state index is -0.210. The van der Waals surface area contributed by atoms with Crippen molar-refractivity contribution in [1.29, 1.82) is 0 Å². The topological polar surface area (TPSA) is 32.3 Å². The maximum atomic E-state index is 9.11. The van der Waals surface area contributed by atoms with Crippen LogP contribution in [0.25, 0.3) is 0 Å². The van der Waals surface area contributed by atoms with Gasteiger partial charge in [-0.05, 0) is 38.9 Å². The summed E-state index contributed by atoms with van der Waals surface area (Å²) in [6.07, 6.45) is 7.21. The highest BCUT2D eigenvalue weighted by Crippen LogP contribution is 2.26. The summed E-state index contributed by atoms with van der Waals surface area (Å²) < 4.78 is 0. The molecule has 0 spiro atoms. The fourth-order valence-corrected chi connectivity index (χ4v) is 2.58. The van der Waals surface area contributed by atoms with E-state index in [1.54, 1.807) is 0 Å². The van der Waals surface area contributed by atoms with E-state index in [4.69, 9.17) is 5.11 Å². The van der Waals surface area contributed by atoms with E-state index in [-0.39, 0.29) is 6.10 Å². The molecule has 0 bridgehead atoms. The Morgan fingerprint density at radius 3 is 2.46 bits per heavy atom. The number of rotatable bonds is 4. The first kappa shape index (κ1) is 11.3. The predicted molar refractivity (Wildman–Crippen MR) is 59.2 cm³/mol. The van der Waals surface area contributed by atoms with E-state index in [0.717, 1.165) is 11.8 Å². The Labute approximate surface area is 85.5 Å². The van der Waals surface area contributed by atoms with Gasteiger partial charge < -0.3 is 10.4 Å². The summed E-state index contributed by atoms with van der Waals surface area (Å²) in [5, 5.41) is 13.4. The van der Waals surface area contributed by atoms with Crippen molar-refractivity contribution in [3.05, 3.63) is 0 Å². The van der Waals surface area contributed by atoms with Gasteiger partial charge in [-0.15, -0.1) is 0 Å². The molecule has 2 nitrogen and oxygen atoms in total. The monoisotopic (exact) mass is 203 g/mol. The van der Waals surface area contributed by atoms with Gasteiger partial charge in [-0.1, -0.05) is 0 Å². The first-order chi connectivity index (χ1) is 6.22. The largest absolute Gasteiger partial charge is 0.392 e. The molecular weight excluding hydrogens is 182 g/mol. The van der Waals surface area contributed by atoms with Crippen LogP contribution in [-0.2, 0) is 0 Å². The van der Waals surface area contributed by atoms with E-state index in [1.165, 1.54) is 25.7 Å². The molecule has 0 aromatic rings. The zero-order valence-corrected chi connectivity index (χ0v) is 9.44. The maximum absolute atomic E-state index is 9.11. The Hall–Kier alpha value is 0.270. The summed E-state index contributed by atoms with van der Waals surface area (Å²) >= 11 is 2.00. The lowest BCUT2D eigenvalue weighted by molar-refractivity contribution is 0.181. The van der Waals surface area contributed by atoms with Crippen LogP contribution in [0.1, 0.15) is 32.6 Å². The SMILES string of the molecule is CSC1CCC(NCC(C)O)CC1. The van der Waals surface area contributed by atoms with E-state index in [2.05, 4.69) is 11.6 Å². The molecule has 1 rings (SSSR count). The van der Waals surface area contributed by atoms with Gasteiger partial charge in [0.1, 0.15) is 0 Å². The third kappa shape index (κ3) is 4.34. The van der Waals surface area contributed by atoms with Crippen LogP contribution >= 0.6 is 11.8 Å². The van der Waals surface area contributed by atoms with Crippen LogP contribution in [0.2, 0.25) is 0 Å². The highest BCUT2D eigenvalue weighted by atomic mass is 32.2. The molecule has 1 atom stereocenters. The van der Waals surface area contributed by atoms with Crippen LogP contribution < -0.4 is 5.32 Å². The summed E-state index contributed by atoms with van der Waals surface area (Å²) in [6.45, 7) is 2.58. The summed E-state index contributed by atoms with van der Waals surface area (Å²) in [5.74, 6) is 0. The van der Waals surface area contributed by atoms with Crippen molar-refractivity contribution in [2.45, 2.75) is 50.0 Å². The lowest BCUT2D eigenvalue weighted by atomic mass is 9.95. The van der Waals surface area contributed by atoms with Gasteiger partial charge in [0.2, 0.25) is 0 Å². The van der Waals surface area contributed by atoms with E-state index in [1.807, 2.05) is 18.7 Å². The molecule has 0 heterocycles. The van der Waals surface area contributed by atoms with Crippen molar-refractivity contribution in [2.24, 2.45) is 0 Å². The van der Waals surface area contributed by atoms with Crippen molar-refractivity contribution in [3.63, 3.8) is 0 Å². The second kappa shape index (κ2) is 5.89. The lowest BCUT2D eigenvalue weighted by Gasteiger charge is -2.28. The fourth-order valence-electron chi connectivity index (χ4n) is 1.84. The van der Waals surface area contributed by atoms with Crippen LogP contribution in [0.4, 0.5) is 0 Å². The number of thioether (sulfide) groups is 1. The molecule has 1 saturated carbocycles. The summed E-state index contributed by atoms with van der Waals surface area (Å²) in [6, 6.07) is 0.651. The summed E-state index contributed by atoms with van der Waals surface area (Å²) in [4.78, 5) is 0. The Bertz CT molecular complexity index is 133. The Kier molecular flexibility index (Phi) is 5.14. The number of aliphatic hydroxyl groups is 1. The fraction of sp³-hybridized carbons (Fsp3) is 1.00. The first-order valence-electron chi connectivity index (χ1n) is 5.16. The highest BCUT2D eigenvalue weighted by molar-refractivity contribution is 7.99. The molecule has 0 saturated heterocycles. The predicted octanol–water partition coefficient (Wildman–Crippen LogP) is 1.63. The standard InChI is InChI=1S/C10H21NOS/c1-8(12)7-11-9-3-5-10(13-2)6-4-9/h8-12H,3-7H2,1-2H3. The Morgan fingerprint density at radius 1 is 1.38 bits per heavy atom. The maximum Gasteiger partial charge on any atom is 0.0636 e. The molecule has 1 aliphatic carbocycles. The molecule has 2 N–H and O–H groups in total. The molecule has 0 aromatic heterocycles. The lowest BCUT2D eigenvalue weighted by Crippen LogP contribution is -2.37. The molecular formula is C10H21NOS. The minimum absolute atomic E-state index is 0.210. The van der Waals surface area contributed by atoms with Gasteiger partial charge in [0.05, 0.1) is 6.10 Å². The molecule has 1 unspecified atom stereocenters. The van der Waals surface area contributed by atoms with Crippen LogP contribution in [0, 0.1) is 0 Å². The molecule has 0 aliphatic heterocycles. The van der Waals surface area contributed by atoms with Crippen molar-refractivity contribution < 1.29 is 5.11 Å². The van der Waals surface area contributed by atoms with Gasteiger partial charge in [0.25, 0.3) is 0 Å². The molecule has 0 amide bonds. The first-order valence-corrected chi connectivity index (χ1v) is 6.45. The second-order valence-electron chi connectivity index (χ2n) is 3.97. The number of hydrogen-bond donors (Lipinski definition) is 2. The summed E-state index contributed by atoms with van der Waals surface area (Å²) in [5.41, 5.74) is 0. The smallest absolute Gasteiger partial charge is 0.0636 e. The van der Waals surface area contributed by atoms with E-state index >= 15 is 0 Å². The molecule has 1 fully saturated rings. The van der Waals surface area contributed by atoms with Gasteiger partial charge >= 0.3 is 0 Å². The van der Waals surface area contributed by atoms with Crippen molar-refractivity contribution in [2.75, 3.05) is 12.8 Å². The zero-order chi connectivity index (χ0) is 9.68. The van der Waals surface area contributed by atoms with Crippen LogP contribution in [0.15, 0.2) is 0 Å². The number of nitrogens with one attached hydrogen (secondary N) is 1. The van der Waals surface area contributed by atoms with Gasteiger partial charge in [0.15, 0.2) is 0 Å². The molecule has 0 aromatic carbocycles. The van der Waals surface area contributed by atoms with Crippen molar-refractivity contribution in [3.8, 4) is 0 Å². The van der Waals surface area contributed by atoms with Crippen LogP contribution in [-0.4, -0.2) is 35.3 Å². The highest BCUT2D eigenvalue weighted by Gasteiger charge is 2.19. The number of aliphatic hydroxyl groups excluding tert-OH is 1. The van der Waals surface area contributed by atoms with E-state index in [0.29, 0.717) is 6.04 Å². The number of hydrogen-bond acceptors (Lipinski definition) is 3. The molecule has 78 valence electrons. The van der Waals surface area contributed by atoms with Crippen molar-refractivity contribution in [1.82, 2.24) is 5.32 Å². The second-order valence-corrected chi connectivity index (χ2v) is 5.10. The van der Waals surface area contributed by atoms with Gasteiger partial charge in [-0.3, -0.25) is 0 Å². The summed E-state index contributed by atoms with van der Waals surface area (Å²) in [7, 11) is 0. The van der Waals surface area contributed by atoms with Crippen molar-refractivity contribution >= 4 is 11.8 Å². The molecule has 1 aliphatic rings. The van der Waals surface area contributed by atoms with Gasteiger partial charge in [-0.25, -0.2) is 0 Å². The van der Waals surface area contributed by atoms with Crippen LogP contribution in [0.3, 0.4) is 0 Å². The quantitative estimate of drug-likeness (QED) is 0.728. The van der Waals surface area contributed by atoms with Crippen LogP contribution in [0.5, 0.6) is 0 Å². The Morgan fingerprint density at radius 2 is 2.00 bits per heavy atom. The molecule has 0 radical (unpaired) electrons. The zero-order valence-electron chi connectivity index (χ0n) is 8.62. The Balaban J connectivity index is 2.10. The van der Waals surface area contributed by atoms with Gasteiger partial charge in [0, 0.05) is 17.8 Å². The normalized spacial score (nSPS) is 31.6. The van der Waals surface area contributed by atoms with E-state index in [9.17, 15) is 0 Å². The average molecular weight is 203 g/mol.